The maximum absolute atomic E-state index is 13.4. The lowest BCUT2D eigenvalue weighted by atomic mass is 9.88. The van der Waals surface area contributed by atoms with Crippen molar-refractivity contribution in [1.29, 1.82) is 0 Å². The monoisotopic (exact) mass is 388 g/mol. The van der Waals surface area contributed by atoms with Crippen molar-refractivity contribution in [3.8, 4) is 0 Å². The molecule has 0 radical (unpaired) electrons. The molecule has 1 atom stereocenters. The fourth-order valence-corrected chi connectivity index (χ4v) is 4.02. The number of aromatic nitrogens is 2. The first kappa shape index (κ1) is 18.9. The Morgan fingerprint density at radius 2 is 1.69 bits per heavy atom. The van der Waals surface area contributed by atoms with Gasteiger partial charge >= 0.3 is 0 Å². The molecule has 3 aromatic rings. The van der Waals surface area contributed by atoms with Crippen molar-refractivity contribution in [3.63, 3.8) is 0 Å². The summed E-state index contributed by atoms with van der Waals surface area (Å²) in [6.07, 6.45) is 4.54. The van der Waals surface area contributed by atoms with Gasteiger partial charge in [-0.05, 0) is 36.0 Å². The molecule has 1 heterocycles. The quantitative estimate of drug-likeness (QED) is 0.680. The van der Waals surface area contributed by atoms with Crippen LogP contribution in [0.15, 0.2) is 66.9 Å². The molecule has 6 nitrogen and oxygen atoms in total. The van der Waals surface area contributed by atoms with Gasteiger partial charge in [-0.15, -0.1) is 0 Å². The molecule has 148 valence electrons. The third-order valence-corrected chi connectivity index (χ3v) is 5.30. The van der Waals surface area contributed by atoms with E-state index in [-0.39, 0.29) is 18.5 Å². The summed E-state index contributed by atoms with van der Waals surface area (Å²) in [5, 5.41) is 7.74. The molecule has 0 saturated carbocycles. The van der Waals surface area contributed by atoms with Crippen LogP contribution in [0.5, 0.6) is 0 Å². The number of nitrogens with zero attached hydrogens (tertiary/aromatic N) is 2. The lowest BCUT2D eigenvalue weighted by molar-refractivity contribution is -0.122. The van der Waals surface area contributed by atoms with E-state index in [9.17, 15) is 9.59 Å². The topological polar surface area (TPSA) is 90.0 Å². The van der Waals surface area contributed by atoms with Crippen LogP contribution in [0.2, 0.25) is 0 Å². The number of rotatable bonds is 6. The van der Waals surface area contributed by atoms with Gasteiger partial charge in [0.25, 0.3) is 0 Å². The molecule has 2 amide bonds. The molecule has 0 saturated heterocycles. The highest BCUT2D eigenvalue weighted by Gasteiger charge is 2.29. The van der Waals surface area contributed by atoms with Crippen LogP contribution in [0.1, 0.15) is 47.2 Å². The zero-order chi connectivity index (χ0) is 20.2. The van der Waals surface area contributed by atoms with Crippen molar-refractivity contribution in [2.75, 3.05) is 0 Å². The summed E-state index contributed by atoms with van der Waals surface area (Å²) in [6.45, 7) is 0.0460. The van der Waals surface area contributed by atoms with Crippen molar-refractivity contribution in [1.82, 2.24) is 15.1 Å². The maximum atomic E-state index is 13.4. The highest BCUT2D eigenvalue weighted by atomic mass is 16.2. The minimum absolute atomic E-state index is 0.0460. The van der Waals surface area contributed by atoms with Crippen molar-refractivity contribution in [3.05, 3.63) is 89.2 Å². The molecule has 1 aromatic heterocycles. The molecule has 1 aliphatic carbocycles. The number of fused-ring (bicyclic) bond motifs is 1. The number of nitrogens with one attached hydrogen (secondary N) is 1. The third kappa shape index (κ3) is 4.21. The second kappa shape index (κ2) is 8.31. The lowest BCUT2D eigenvalue weighted by Crippen LogP contribution is -2.35. The summed E-state index contributed by atoms with van der Waals surface area (Å²) in [6, 6.07) is 19.4. The van der Waals surface area contributed by atoms with Gasteiger partial charge in [0.05, 0.1) is 17.7 Å². The van der Waals surface area contributed by atoms with Crippen molar-refractivity contribution in [2.45, 2.75) is 37.8 Å². The van der Waals surface area contributed by atoms with Gasteiger partial charge in [-0.2, -0.15) is 5.10 Å². The fraction of sp³-hybridized carbons (Fsp3) is 0.261. The molecular formula is C23H24N4O2. The van der Waals surface area contributed by atoms with Crippen LogP contribution >= 0.6 is 0 Å². The van der Waals surface area contributed by atoms with Gasteiger partial charge in [0.1, 0.15) is 6.54 Å². The summed E-state index contributed by atoms with van der Waals surface area (Å²) in [5.41, 5.74) is 9.10. The van der Waals surface area contributed by atoms with Crippen molar-refractivity contribution < 1.29 is 9.59 Å². The summed E-state index contributed by atoms with van der Waals surface area (Å²) in [4.78, 5) is 24.6. The highest BCUT2D eigenvalue weighted by Crippen LogP contribution is 2.31. The maximum Gasteiger partial charge on any atom is 0.239 e. The van der Waals surface area contributed by atoms with Crippen LogP contribution in [0.4, 0.5) is 0 Å². The van der Waals surface area contributed by atoms with E-state index in [1.165, 1.54) is 0 Å². The molecule has 2 aromatic carbocycles. The predicted octanol–water partition coefficient (Wildman–Crippen LogP) is 2.69. The Balaban J connectivity index is 1.61. The second-order valence-electron chi connectivity index (χ2n) is 7.41. The Morgan fingerprint density at radius 3 is 2.28 bits per heavy atom. The molecule has 0 bridgehead atoms. The number of carbonyl (C=O) groups excluding carboxylic acids is 2. The van der Waals surface area contributed by atoms with E-state index in [2.05, 4.69) is 10.4 Å². The highest BCUT2D eigenvalue weighted by molar-refractivity contribution is 5.87. The average Bonchev–Trinajstić information content (AvgIpc) is 3.12. The van der Waals surface area contributed by atoms with E-state index in [1.807, 2.05) is 66.9 Å². The lowest BCUT2D eigenvalue weighted by Gasteiger charge is -2.25. The SMILES string of the molecule is NC(=O)Cn1cc2c(n1)C(NC(=O)C(c1ccccc1)c1ccccc1)CCC2. The molecule has 1 aliphatic rings. The van der Waals surface area contributed by atoms with Crippen molar-refractivity contribution in [2.24, 2.45) is 5.73 Å². The number of carbonyl (C=O) groups is 2. The number of amides is 2. The molecule has 6 heteroatoms. The van der Waals surface area contributed by atoms with Crippen LogP contribution in [0.3, 0.4) is 0 Å². The van der Waals surface area contributed by atoms with Gasteiger partial charge in [0, 0.05) is 6.20 Å². The van der Waals surface area contributed by atoms with Crippen LogP contribution < -0.4 is 11.1 Å². The Morgan fingerprint density at radius 1 is 1.07 bits per heavy atom. The number of hydrogen-bond donors (Lipinski definition) is 2. The first-order valence-electron chi connectivity index (χ1n) is 9.86. The summed E-state index contributed by atoms with van der Waals surface area (Å²) in [7, 11) is 0. The Labute approximate surface area is 169 Å². The fourth-order valence-electron chi connectivity index (χ4n) is 4.02. The number of hydrogen-bond acceptors (Lipinski definition) is 3. The smallest absolute Gasteiger partial charge is 0.239 e. The van der Waals surface area contributed by atoms with Crippen LogP contribution in [-0.4, -0.2) is 21.6 Å². The zero-order valence-electron chi connectivity index (χ0n) is 16.1. The Hall–Kier alpha value is -3.41. The zero-order valence-corrected chi connectivity index (χ0v) is 16.1. The summed E-state index contributed by atoms with van der Waals surface area (Å²) < 4.78 is 1.57. The summed E-state index contributed by atoms with van der Waals surface area (Å²) in [5.74, 6) is -0.876. The number of aryl methyl sites for hydroxylation is 1. The minimum atomic E-state index is -0.432. The average molecular weight is 388 g/mol. The molecule has 29 heavy (non-hydrogen) atoms. The van der Waals surface area contributed by atoms with E-state index in [1.54, 1.807) is 4.68 Å². The van der Waals surface area contributed by atoms with Crippen LogP contribution in [0, 0.1) is 0 Å². The van der Waals surface area contributed by atoms with Gasteiger partial charge in [-0.3, -0.25) is 14.3 Å². The van der Waals surface area contributed by atoms with E-state index < -0.39 is 11.8 Å². The van der Waals surface area contributed by atoms with Crippen LogP contribution in [-0.2, 0) is 22.6 Å². The Bertz CT molecular complexity index is 959. The van der Waals surface area contributed by atoms with Gasteiger partial charge in [0.15, 0.2) is 0 Å². The van der Waals surface area contributed by atoms with Crippen LogP contribution in [0.25, 0.3) is 0 Å². The van der Waals surface area contributed by atoms with E-state index in [4.69, 9.17) is 5.73 Å². The van der Waals surface area contributed by atoms with E-state index >= 15 is 0 Å². The predicted molar refractivity (Wildman–Crippen MR) is 110 cm³/mol. The normalized spacial score (nSPS) is 15.7. The van der Waals surface area contributed by atoms with E-state index in [0.29, 0.717) is 0 Å². The standard InChI is InChI=1S/C23H24N4O2/c24-20(28)15-27-14-18-12-7-13-19(22(18)26-27)25-23(29)21(16-8-3-1-4-9-16)17-10-5-2-6-11-17/h1-6,8-11,14,19,21H,7,12-13,15H2,(H2,24,28)(H,25,29). The first-order chi connectivity index (χ1) is 14.1. The molecule has 0 spiro atoms. The molecule has 4 rings (SSSR count). The summed E-state index contributed by atoms with van der Waals surface area (Å²) >= 11 is 0. The van der Waals surface area contributed by atoms with Crippen molar-refractivity contribution >= 4 is 11.8 Å². The van der Waals surface area contributed by atoms with Gasteiger partial charge in [-0.25, -0.2) is 0 Å². The molecule has 3 N–H and O–H groups in total. The third-order valence-electron chi connectivity index (χ3n) is 5.30. The molecule has 0 fully saturated rings. The van der Waals surface area contributed by atoms with E-state index in [0.717, 1.165) is 41.6 Å². The van der Waals surface area contributed by atoms with Gasteiger partial charge in [0.2, 0.25) is 11.8 Å². The molecular weight excluding hydrogens is 364 g/mol. The number of benzene rings is 2. The largest absolute Gasteiger partial charge is 0.368 e. The Kier molecular flexibility index (Phi) is 5.42. The van der Waals surface area contributed by atoms with Gasteiger partial charge < -0.3 is 11.1 Å². The molecule has 0 aliphatic heterocycles. The number of nitrogens with two attached hydrogens (primary N) is 1. The first-order valence-corrected chi connectivity index (χ1v) is 9.86. The number of primary amides is 1. The minimum Gasteiger partial charge on any atom is -0.368 e. The second-order valence-corrected chi connectivity index (χ2v) is 7.41. The molecule has 1 unspecified atom stereocenters. The van der Waals surface area contributed by atoms with Gasteiger partial charge in [-0.1, -0.05) is 60.7 Å².